The van der Waals surface area contributed by atoms with Crippen molar-refractivity contribution < 1.29 is 19.1 Å². The number of benzene rings is 1. The average molecular weight is 442 g/mol. The maximum absolute atomic E-state index is 13.2. The molecule has 9 heteroatoms. The van der Waals surface area contributed by atoms with Gasteiger partial charge in [-0.05, 0) is 18.9 Å². The summed E-state index contributed by atoms with van der Waals surface area (Å²) in [5.74, 6) is -0.338. The number of amides is 3. The van der Waals surface area contributed by atoms with Crippen molar-refractivity contribution in [1.29, 1.82) is 5.26 Å². The van der Waals surface area contributed by atoms with Crippen LogP contribution in [0.4, 0.5) is 0 Å². The van der Waals surface area contributed by atoms with Gasteiger partial charge < -0.3 is 14.5 Å². The molecule has 2 fully saturated rings. The molecule has 2 aliphatic heterocycles. The number of ether oxygens (including phenoxy) is 1. The summed E-state index contributed by atoms with van der Waals surface area (Å²) in [6.07, 6.45) is 2.27. The van der Waals surface area contributed by atoms with Gasteiger partial charge in [-0.3, -0.25) is 19.4 Å². The van der Waals surface area contributed by atoms with Gasteiger partial charge in [0, 0.05) is 6.54 Å². The minimum atomic E-state index is -0.612. The first-order chi connectivity index (χ1) is 15.5. The lowest BCUT2D eigenvalue weighted by atomic mass is 10.0. The zero-order valence-corrected chi connectivity index (χ0v) is 18.8. The van der Waals surface area contributed by atoms with Crippen LogP contribution < -0.4 is 0 Å². The number of nitrogens with zero attached hydrogens (tertiary/aromatic N) is 5. The molecule has 0 N–H and O–H groups in total. The Morgan fingerprint density at radius 1 is 1.25 bits per heavy atom. The molecule has 3 amide bonds. The van der Waals surface area contributed by atoms with Gasteiger partial charge in [-0.15, -0.1) is 0 Å². The van der Waals surface area contributed by atoms with Crippen molar-refractivity contribution in [2.24, 2.45) is 0 Å². The van der Waals surface area contributed by atoms with Crippen molar-refractivity contribution in [1.82, 2.24) is 19.8 Å². The maximum atomic E-state index is 13.2. The third-order valence-electron chi connectivity index (χ3n) is 5.96. The smallest absolute Gasteiger partial charge is 0.245 e. The molecule has 3 rings (SSSR count). The van der Waals surface area contributed by atoms with Crippen LogP contribution in [0, 0.1) is 18.3 Å². The number of aryl methyl sites for hydroxylation is 1. The Hall–Kier alpha value is -2.96. The number of carbonyl (C=O) groups is 3. The number of piperazine rings is 1. The molecule has 0 radical (unpaired) electrons. The minimum Gasteiger partial charge on any atom is -0.375 e. The molecule has 2 atom stereocenters. The number of nitriles is 1. The Morgan fingerprint density at radius 2 is 2.00 bits per heavy atom. The van der Waals surface area contributed by atoms with Crippen LogP contribution in [0.15, 0.2) is 24.3 Å². The molecule has 1 aromatic carbocycles. The highest BCUT2D eigenvalue weighted by Gasteiger charge is 2.49. The second-order valence-electron chi connectivity index (χ2n) is 8.23. The van der Waals surface area contributed by atoms with Gasteiger partial charge >= 0.3 is 0 Å². The molecule has 172 valence electrons. The first kappa shape index (κ1) is 23.7. The average Bonchev–Trinajstić information content (AvgIpc) is 2.78. The standard InChI is InChI=1S/C23H31N5O4/c1-3-4-5-20-23(31)25(12-13-32-16-19-8-6-18(2)7-9-19)14-21-27(17-29)26(11-10-24)15-22(30)28(20)21/h6-9,17,20-21H,3-5,11-16H2,1-2H3/t20-,21?/m0/s1. The van der Waals surface area contributed by atoms with Crippen LogP contribution in [0.3, 0.4) is 0 Å². The van der Waals surface area contributed by atoms with E-state index in [0.717, 1.165) is 18.4 Å². The molecular formula is C23H31N5O4. The molecule has 32 heavy (non-hydrogen) atoms. The van der Waals surface area contributed by atoms with Crippen LogP contribution in [0.25, 0.3) is 0 Å². The third-order valence-corrected chi connectivity index (χ3v) is 5.96. The monoisotopic (exact) mass is 441 g/mol. The number of unbranched alkanes of at least 4 members (excludes halogenated alkanes) is 1. The van der Waals surface area contributed by atoms with Crippen LogP contribution >= 0.6 is 0 Å². The summed E-state index contributed by atoms with van der Waals surface area (Å²) in [6, 6.07) is 9.48. The summed E-state index contributed by atoms with van der Waals surface area (Å²) in [5, 5.41) is 11.9. The van der Waals surface area contributed by atoms with Gasteiger partial charge in [0.25, 0.3) is 0 Å². The normalized spacial score (nSPS) is 21.5. The van der Waals surface area contributed by atoms with Gasteiger partial charge in [-0.25, -0.2) is 0 Å². The lowest BCUT2D eigenvalue weighted by Crippen LogP contribution is -2.74. The quantitative estimate of drug-likeness (QED) is 0.308. The van der Waals surface area contributed by atoms with Crippen LogP contribution in [0.1, 0.15) is 37.3 Å². The highest BCUT2D eigenvalue weighted by Crippen LogP contribution is 2.27. The Bertz CT molecular complexity index is 853. The van der Waals surface area contributed by atoms with E-state index in [1.807, 2.05) is 44.2 Å². The van der Waals surface area contributed by atoms with E-state index in [9.17, 15) is 14.4 Å². The zero-order valence-electron chi connectivity index (χ0n) is 18.8. The van der Waals surface area contributed by atoms with E-state index in [2.05, 4.69) is 0 Å². The van der Waals surface area contributed by atoms with Crippen molar-refractivity contribution in [2.45, 2.75) is 51.9 Å². The third kappa shape index (κ3) is 5.26. The molecule has 1 aromatic rings. The number of fused-ring (bicyclic) bond motifs is 1. The molecule has 0 aromatic heterocycles. The summed E-state index contributed by atoms with van der Waals surface area (Å²) < 4.78 is 5.79. The Morgan fingerprint density at radius 3 is 2.66 bits per heavy atom. The summed E-state index contributed by atoms with van der Waals surface area (Å²) >= 11 is 0. The van der Waals surface area contributed by atoms with Crippen LogP contribution in [-0.2, 0) is 25.7 Å². The van der Waals surface area contributed by atoms with Gasteiger partial charge in [-0.1, -0.05) is 49.6 Å². The molecule has 2 heterocycles. The van der Waals surface area contributed by atoms with E-state index < -0.39 is 12.2 Å². The Kier molecular flexibility index (Phi) is 8.20. The molecular weight excluding hydrogens is 410 g/mol. The van der Waals surface area contributed by atoms with Crippen molar-refractivity contribution in [3.63, 3.8) is 0 Å². The molecule has 0 bridgehead atoms. The molecule has 2 aliphatic rings. The molecule has 0 aliphatic carbocycles. The fourth-order valence-corrected chi connectivity index (χ4v) is 4.24. The van der Waals surface area contributed by atoms with Gasteiger partial charge in [0.15, 0.2) is 0 Å². The maximum Gasteiger partial charge on any atom is 0.245 e. The SMILES string of the molecule is CCCC[C@H]1C(=O)N(CCOCc2ccc(C)cc2)CC2N1C(=O)CN(CC#N)N2C=O. The summed E-state index contributed by atoms with van der Waals surface area (Å²) in [5.41, 5.74) is 2.24. The van der Waals surface area contributed by atoms with Crippen molar-refractivity contribution >= 4 is 18.2 Å². The first-order valence-corrected chi connectivity index (χ1v) is 11.1. The number of hydrogen-bond donors (Lipinski definition) is 0. The van der Waals surface area contributed by atoms with E-state index in [1.54, 1.807) is 9.80 Å². The summed E-state index contributed by atoms with van der Waals surface area (Å²) in [6.45, 7) is 5.28. The molecule has 0 saturated carbocycles. The lowest BCUT2D eigenvalue weighted by molar-refractivity contribution is -0.199. The number of carbonyl (C=O) groups excluding carboxylic acids is 3. The Labute approximate surface area is 189 Å². The summed E-state index contributed by atoms with van der Waals surface area (Å²) in [4.78, 5) is 41.2. The first-order valence-electron chi connectivity index (χ1n) is 11.1. The molecule has 9 nitrogen and oxygen atoms in total. The van der Waals surface area contributed by atoms with Crippen molar-refractivity contribution in [3.8, 4) is 6.07 Å². The molecule has 0 spiro atoms. The predicted octanol–water partition coefficient (Wildman–Crippen LogP) is 1.28. The van der Waals surface area contributed by atoms with Crippen LogP contribution in [0.2, 0.25) is 0 Å². The fourth-order valence-electron chi connectivity index (χ4n) is 4.24. The molecule has 2 saturated heterocycles. The van der Waals surface area contributed by atoms with Crippen molar-refractivity contribution in [3.05, 3.63) is 35.4 Å². The highest BCUT2D eigenvalue weighted by molar-refractivity contribution is 5.90. The van der Waals surface area contributed by atoms with Gasteiger partial charge in [-0.2, -0.15) is 10.3 Å². The zero-order chi connectivity index (χ0) is 23.1. The van der Waals surface area contributed by atoms with Gasteiger partial charge in [0.05, 0.1) is 32.4 Å². The molecule has 1 unspecified atom stereocenters. The number of rotatable bonds is 10. The van der Waals surface area contributed by atoms with Crippen molar-refractivity contribution in [2.75, 3.05) is 32.8 Å². The summed E-state index contributed by atoms with van der Waals surface area (Å²) in [7, 11) is 0. The van der Waals surface area contributed by atoms with E-state index in [4.69, 9.17) is 10.00 Å². The van der Waals surface area contributed by atoms with E-state index >= 15 is 0 Å². The lowest BCUT2D eigenvalue weighted by Gasteiger charge is -2.54. The largest absolute Gasteiger partial charge is 0.375 e. The highest BCUT2D eigenvalue weighted by atomic mass is 16.5. The van der Waals surface area contributed by atoms with Crippen LogP contribution in [-0.4, -0.2) is 83.0 Å². The predicted molar refractivity (Wildman–Crippen MR) is 116 cm³/mol. The van der Waals surface area contributed by atoms with Crippen LogP contribution in [0.5, 0.6) is 0 Å². The fraction of sp³-hybridized carbons (Fsp3) is 0.565. The van der Waals surface area contributed by atoms with E-state index in [-0.39, 0.29) is 31.4 Å². The second kappa shape index (κ2) is 11.1. The Balaban J connectivity index is 1.70. The van der Waals surface area contributed by atoms with E-state index in [0.29, 0.717) is 32.6 Å². The number of hydrazine groups is 1. The van der Waals surface area contributed by atoms with Gasteiger partial charge in [0.1, 0.15) is 18.8 Å². The number of hydrogen-bond acceptors (Lipinski definition) is 6. The topological polar surface area (TPSA) is 97.2 Å². The minimum absolute atomic E-state index is 0.0674. The second-order valence-corrected chi connectivity index (χ2v) is 8.23. The van der Waals surface area contributed by atoms with E-state index in [1.165, 1.54) is 15.6 Å². The van der Waals surface area contributed by atoms with Gasteiger partial charge in [0.2, 0.25) is 18.2 Å².